The lowest BCUT2D eigenvalue weighted by molar-refractivity contribution is 0.163. The fourth-order valence-corrected chi connectivity index (χ4v) is 8.15. The Morgan fingerprint density at radius 3 is 1.32 bits per heavy atom. The van der Waals surface area contributed by atoms with E-state index in [2.05, 4.69) is 53.9 Å². The largest absolute Gasteiger partial charge is 0.415 e. The first kappa shape index (κ1) is 19.3. The average Bonchev–Trinajstić information content (AvgIpc) is 2.31. The first-order valence-electron chi connectivity index (χ1n) is 7.60. The highest BCUT2D eigenvalue weighted by Gasteiger charge is 2.36. The lowest BCUT2D eigenvalue weighted by Crippen LogP contribution is -2.49. The highest BCUT2D eigenvalue weighted by Crippen LogP contribution is 2.19. The maximum absolute atomic E-state index is 6.25. The van der Waals surface area contributed by atoms with Gasteiger partial charge in [-0.05, 0) is 38.0 Å². The Morgan fingerprint density at radius 2 is 1.05 bits per heavy atom. The predicted octanol–water partition coefficient (Wildman–Crippen LogP) is 4.53. The van der Waals surface area contributed by atoms with Crippen LogP contribution in [-0.4, -0.2) is 30.3 Å². The van der Waals surface area contributed by atoms with E-state index in [9.17, 15) is 0 Å². The maximum atomic E-state index is 6.25. The molecule has 116 valence electrons. The zero-order chi connectivity index (χ0) is 15.1. The van der Waals surface area contributed by atoms with E-state index in [-0.39, 0.29) is 0 Å². The second-order valence-electron chi connectivity index (χ2n) is 6.55. The van der Waals surface area contributed by atoms with Crippen molar-refractivity contribution < 1.29 is 13.0 Å². The molecule has 0 saturated carbocycles. The summed E-state index contributed by atoms with van der Waals surface area (Å²) in [5, 5.41) is 0. The SMILES string of the molecule is CCC(C)CO[Si](C)(C)O[Si](C)(C)OCC(C)CC. The van der Waals surface area contributed by atoms with Gasteiger partial charge in [-0.25, -0.2) is 0 Å². The van der Waals surface area contributed by atoms with Gasteiger partial charge in [-0.15, -0.1) is 0 Å². The van der Waals surface area contributed by atoms with Gasteiger partial charge in [0.15, 0.2) is 0 Å². The Hall–Kier alpha value is 0.314. The molecule has 0 amide bonds. The fourth-order valence-electron chi connectivity index (χ4n) is 1.57. The van der Waals surface area contributed by atoms with Crippen molar-refractivity contribution in [2.45, 2.75) is 66.7 Å². The molecule has 0 radical (unpaired) electrons. The highest BCUT2D eigenvalue weighted by molar-refractivity contribution is 6.78. The van der Waals surface area contributed by atoms with Crippen molar-refractivity contribution in [3.05, 3.63) is 0 Å². The topological polar surface area (TPSA) is 27.7 Å². The zero-order valence-electron chi connectivity index (χ0n) is 14.2. The summed E-state index contributed by atoms with van der Waals surface area (Å²) in [7, 11) is -4.13. The van der Waals surface area contributed by atoms with Crippen LogP contribution >= 0.6 is 0 Å². The van der Waals surface area contributed by atoms with E-state index >= 15 is 0 Å². The molecule has 19 heavy (non-hydrogen) atoms. The van der Waals surface area contributed by atoms with Crippen molar-refractivity contribution in [1.82, 2.24) is 0 Å². The number of hydrogen-bond acceptors (Lipinski definition) is 3. The van der Waals surface area contributed by atoms with Crippen LogP contribution in [0.1, 0.15) is 40.5 Å². The Balaban J connectivity index is 4.21. The summed E-state index contributed by atoms with van der Waals surface area (Å²) in [4.78, 5) is 0. The van der Waals surface area contributed by atoms with E-state index in [0.717, 1.165) is 26.1 Å². The van der Waals surface area contributed by atoms with E-state index in [4.69, 9.17) is 13.0 Å². The first-order valence-corrected chi connectivity index (χ1v) is 13.2. The predicted molar refractivity (Wildman–Crippen MR) is 86.9 cm³/mol. The Bertz CT molecular complexity index is 221. The third kappa shape index (κ3) is 9.79. The van der Waals surface area contributed by atoms with Crippen LogP contribution in [0.3, 0.4) is 0 Å². The second-order valence-corrected chi connectivity index (χ2v) is 13.5. The van der Waals surface area contributed by atoms with Gasteiger partial charge in [0.2, 0.25) is 0 Å². The number of rotatable bonds is 10. The van der Waals surface area contributed by atoms with Crippen molar-refractivity contribution in [2.75, 3.05) is 13.2 Å². The second kappa shape index (κ2) is 8.57. The molecule has 0 aromatic heterocycles. The molecule has 0 spiro atoms. The molecule has 0 aromatic carbocycles. The van der Waals surface area contributed by atoms with Gasteiger partial charge >= 0.3 is 17.1 Å². The fraction of sp³-hybridized carbons (Fsp3) is 1.00. The molecular weight excluding hydrogens is 272 g/mol. The summed E-state index contributed by atoms with van der Waals surface area (Å²) >= 11 is 0. The van der Waals surface area contributed by atoms with Crippen LogP contribution in [-0.2, 0) is 13.0 Å². The highest BCUT2D eigenvalue weighted by atomic mass is 28.5. The van der Waals surface area contributed by atoms with Crippen molar-refractivity contribution in [3.63, 3.8) is 0 Å². The van der Waals surface area contributed by atoms with Gasteiger partial charge in [0.25, 0.3) is 0 Å². The maximum Gasteiger partial charge on any atom is 0.322 e. The smallest absolute Gasteiger partial charge is 0.322 e. The normalized spacial score (nSPS) is 16.4. The van der Waals surface area contributed by atoms with Crippen LogP contribution in [0.2, 0.25) is 26.2 Å². The van der Waals surface area contributed by atoms with Gasteiger partial charge in [-0.3, -0.25) is 0 Å². The lowest BCUT2D eigenvalue weighted by Gasteiger charge is -2.33. The van der Waals surface area contributed by atoms with Crippen LogP contribution in [0.5, 0.6) is 0 Å². The van der Waals surface area contributed by atoms with E-state index in [1.807, 2.05) is 0 Å². The summed E-state index contributed by atoms with van der Waals surface area (Å²) in [6, 6.07) is 0. The minimum absolute atomic E-state index is 0.598. The van der Waals surface area contributed by atoms with Crippen LogP contribution < -0.4 is 0 Å². The summed E-state index contributed by atoms with van der Waals surface area (Å²) in [6.07, 6.45) is 2.30. The summed E-state index contributed by atoms with van der Waals surface area (Å²) in [5.74, 6) is 1.20. The van der Waals surface area contributed by atoms with Crippen LogP contribution in [0.15, 0.2) is 0 Å². The van der Waals surface area contributed by atoms with Crippen molar-refractivity contribution >= 4 is 17.1 Å². The Morgan fingerprint density at radius 1 is 0.737 bits per heavy atom. The minimum Gasteiger partial charge on any atom is -0.415 e. The third-order valence-corrected chi connectivity index (χ3v) is 8.97. The van der Waals surface area contributed by atoms with E-state index in [0.29, 0.717) is 11.8 Å². The van der Waals surface area contributed by atoms with Crippen LogP contribution in [0, 0.1) is 11.8 Å². The molecule has 0 heterocycles. The molecule has 0 N–H and O–H groups in total. The third-order valence-electron chi connectivity index (χ3n) is 3.32. The Kier molecular flexibility index (Phi) is 8.71. The molecule has 0 aliphatic heterocycles. The van der Waals surface area contributed by atoms with Gasteiger partial charge in [0.1, 0.15) is 0 Å². The average molecular weight is 307 g/mol. The summed E-state index contributed by atoms with van der Waals surface area (Å²) in [5.41, 5.74) is 0. The molecule has 0 saturated heterocycles. The molecule has 0 fully saturated rings. The van der Waals surface area contributed by atoms with Crippen molar-refractivity contribution in [1.29, 1.82) is 0 Å². The molecule has 2 atom stereocenters. The number of hydrogen-bond donors (Lipinski definition) is 0. The lowest BCUT2D eigenvalue weighted by atomic mass is 10.1. The van der Waals surface area contributed by atoms with Gasteiger partial charge in [0, 0.05) is 13.2 Å². The molecule has 2 unspecified atom stereocenters. The van der Waals surface area contributed by atoms with E-state index in [1.54, 1.807) is 0 Å². The molecule has 0 aromatic rings. The van der Waals surface area contributed by atoms with Crippen LogP contribution in [0.4, 0.5) is 0 Å². The molecule has 0 rings (SSSR count). The molecule has 0 aliphatic rings. The molecular formula is C14H34O3Si2. The standard InChI is InChI=1S/C14H34O3Si2/c1-9-13(3)11-15-18(5,6)17-19(7,8)16-12-14(4)10-2/h13-14H,9-12H2,1-8H3. The van der Waals surface area contributed by atoms with Gasteiger partial charge < -0.3 is 13.0 Å². The molecule has 3 nitrogen and oxygen atoms in total. The van der Waals surface area contributed by atoms with Gasteiger partial charge in [-0.2, -0.15) is 0 Å². The quantitative estimate of drug-likeness (QED) is 0.555. The van der Waals surface area contributed by atoms with Gasteiger partial charge in [0.05, 0.1) is 0 Å². The van der Waals surface area contributed by atoms with E-state index in [1.165, 1.54) is 0 Å². The molecule has 0 bridgehead atoms. The first-order chi connectivity index (χ1) is 8.62. The Labute approximate surface area is 122 Å². The van der Waals surface area contributed by atoms with E-state index < -0.39 is 17.1 Å². The van der Waals surface area contributed by atoms with Crippen LogP contribution in [0.25, 0.3) is 0 Å². The van der Waals surface area contributed by atoms with Crippen molar-refractivity contribution in [2.24, 2.45) is 11.8 Å². The molecule has 5 heteroatoms. The monoisotopic (exact) mass is 306 g/mol. The van der Waals surface area contributed by atoms with Gasteiger partial charge in [-0.1, -0.05) is 40.5 Å². The molecule has 0 aliphatic carbocycles. The summed E-state index contributed by atoms with van der Waals surface area (Å²) < 4.78 is 18.3. The minimum atomic E-state index is -2.06. The van der Waals surface area contributed by atoms with Crippen molar-refractivity contribution in [3.8, 4) is 0 Å². The zero-order valence-corrected chi connectivity index (χ0v) is 16.2. The summed E-state index contributed by atoms with van der Waals surface area (Å²) in [6.45, 7) is 18.9.